The van der Waals surface area contributed by atoms with E-state index in [9.17, 15) is 4.79 Å². The van der Waals surface area contributed by atoms with E-state index in [1.807, 2.05) is 55.3 Å². The van der Waals surface area contributed by atoms with E-state index in [2.05, 4.69) is 10.4 Å². The van der Waals surface area contributed by atoms with E-state index in [1.54, 1.807) is 11.1 Å². The Morgan fingerprint density at radius 2 is 2.00 bits per heavy atom. The van der Waals surface area contributed by atoms with Crippen molar-refractivity contribution in [1.29, 1.82) is 0 Å². The Kier molecular flexibility index (Phi) is 9.49. The third-order valence-corrected chi connectivity index (χ3v) is 3.18. The van der Waals surface area contributed by atoms with Gasteiger partial charge in [-0.05, 0) is 24.7 Å². The van der Waals surface area contributed by atoms with Gasteiger partial charge in [0, 0.05) is 38.1 Å². The van der Waals surface area contributed by atoms with E-state index >= 15 is 0 Å². The molecule has 1 heterocycles. The van der Waals surface area contributed by atoms with Gasteiger partial charge < -0.3 is 10.2 Å². The summed E-state index contributed by atoms with van der Waals surface area (Å²) in [7, 11) is 3.70. The minimum atomic E-state index is 0. The molecule has 0 aliphatic heterocycles. The first-order chi connectivity index (χ1) is 9.72. The second kappa shape index (κ2) is 10.2. The number of carbonyl (C=O) groups is 1. The van der Waals surface area contributed by atoms with Crippen molar-refractivity contribution in [2.75, 3.05) is 27.2 Å². The van der Waals surface area contributed by atoms with Crippen molar-refractivity contribution in [3.05, 3.63) is 53.9 Å². The maximum Gasteiger partial charge on any atom is 0.253 e. The number of hydrogen-bond acceptors (Lipinski definition) is 3. The second-order valence-electron chi connectivity index (χ2n) is 4.69. The van der Waals surface area contributed by atoms with E-state index in [4.69, 9.17) is 0 Å². The molecule has 5 nitrogen and oxygen atoms in total. The first-order valence-corrected chi connectivity index (χ1v) is 6.67. The molecule has 0 saturated carbocycles. The molecule has 122 valence electrons. The van der Waals surface area contributed by atoms with Crippen LogP contribution < -0.4 is 5.32 Å². The van der Waals surface area contributed by atoms with Gasteiger partial charge >= 0.3 is 0 Å². The molecule has 1 aromatic heterocycles. The van der Waals surface area contributed by atoms with Crippen molar-refractivity contribution in [3.63, 3.8) is 0 Å². The SMILES string of the molecule is CNCCN(C)C(=O)c1ccccc1Cn1cccn1.Cl.Cl. The van der Waals surface area contributed by atoms with Crippen LogP contribution >= 0.6 is 24.8 Å². The van der Waals surface area contributed by atoms with E-state index in [0.29, 0.717) is 13.1 Å². The Morgan fingerprint density at radius 3 is 2.64 bits per heavy atom. The van der Waals surface area contributed by atoms with E-state index in [1.165, 1.54) is 0 Å². The highest BCUT2D eigenvalue weighted by Gasteiger charge is 2.15. The summed E-state index contributed by atoms with van der Waals surface area (Å²) < 4.78 is 1.82. The molecule has 1 aromatic carbocycles. The van der Waals surface area contributed by atoms with E-state index < -0.39 is 0 Å². The molecule has 22 heavy (non-hydrogen) atoms. The maximum absolute atomic E-state index is 12.5. The molecule has 1 N–H and O–H groups in total. The molecule has 0 radical (unpaired) electrons. The molecule has 2 rings (SSSR count). The summed E-state index contributed by atoms with van der Waals surface area (Å²) >= 11 is 0. The van der Waals surface area contributed by atoms with Crippen LogP contribution in [0.3, 0.4) is 0 Å². The predicted octanol–water partition coefficient (Wildman–Crippen LogP) is 2.07. The van der Waals surface area contributed by atoms with Crippen LogP contribution in [0.1, 0.15) is 15.9 Å². The maximum atomic E-state index is 12.5. The molecule has 0 unspecified atom stereocenters. The highest BCUT2D eigenvalue weighted by atomic mass is 35.5. The van der Waals surface area contributed by atoms with Crippen LogP contribution in [-0.4, -0.2) is 47.8 Å². The molecule has 0 aliphatic carbocycles. The molecule has 1 amide bonds. The number of halogens is 2. The van der Waals surface area contributed by atoms with Crippen LogP contribution in [0.2, 0.25) is 0 Å². The summed E-state index contributed by atoms with van der Waals surface area (Å²) in [6, 6.07) is 9.57. The highest BCUT2D eigenvalue weighted by Crippen LogP contribution is 2.12. The Labute approximate surface area is 143 Å². The number of nitrogens with one attached hydrogen (secondary N) is 1. The van der Waals surface area contributed by atoms with Crippen LogP contribution in [0.15, 0.2) is 42.7 Å². The summed E-state index contributed by atoms with van der Waals surface area (Å²) in [6.45, 7) is 2.07. The van der Waals surface area contributed by atoms with Gasteiger partial charge in [-0.25, -0.2) is 0 Å². The lowest BCUT2D eigenvalue weighted by Crippen LogP contribution is -2.33. The summed E-state index contributed by atoms with van der Waals surface area (Å²) in [5.74, 6) is 0.0445. The number of carbonyl (C=O) groups excluding carboxylic acids is 1. The van der Waals surface area contributed by atoms with E-state index in [-0.39, 0.29) is 30.7 Å². The molecule has 7 heteroatoms. The lowest BCUT2D eigenvalue weighted by Gasteiger charge is -2.19. The molecular formula is C15H22Cl2N4O. The lowest BCUT2D eigenvalue weighted by molar-refractivity contribution is 0.0795. The number of rotatable bonds is 6. The summed E-state index contributed by atoms with van der Waals surface area (Å²) in [5.41, 5.74) is 1.72. The quantitative estimate of drug-likeness (QED) is 0.872. The summed E-state index contributed by atoms with van der Waals surface area (Å²) in [4.78, 5) is 14.2. The largest absolute Gasteiger partial charge is 0.340 e. The first-order valence-electron chi connectivity index (χ1n) is 6.67. The van der Waals surface area contributed by atoms with Gasteiger partial charge in [-0.2, -0.15) is 5.10 Å². The number of likely N-dealkylation sites (N-methyl/N-ethyl adjacent to an activating group) is 2. The van der Waals surface area contributed by atoms with Crippen LogP contribution in [0, 0.1) is 0 Å². The third-order valence-electron chi connectivity index (χ3n) is 3.18. The summed E-state index contributed by atoms with van der Waals surface area (Å²) in [6.07, 6.45) is 3.63. The predicted molar refractivity (Wildman–Crippen MR) is 93.2 cm³/mol. The minimum absolute atomic E-state index is 0. The number of amides is 1. The molecule has 0 bridgehead atoms. The molecule has 0 aliphatic rings. The monoisotopic (exact) mass is 344 g/mol. The van der Waals surface area contributed by atoms with Crippen molar-refractivity contribution in [1.82, 2.24) is 20.0 Å². The van der Waals surface area contributed by atoms with Crippen LogP contribution in [0.25, 0.3) is 0 Å². The van der Waals surface area contributed by atoms with Crippen molar-refractivity contribution in [2.24, 2.45) is 0 Å². The van der Waals surface area contributed by atoms with Gasteiger partial charge in [-0.15, -0.1) is 24.8 Å². The fourth-order valence-corrected chi connectivity index (χ4v) is 2.02. The topological polar surface area (TPSA) is 50.2 Å². The van der Waals surface area contributed by atoms with Gasteiger partial charge in [0.2, 0.25) is 0 Å². The van der Waals surface area contributed by atoms with Crippen LogP contribution in [-0.2, 0) is 6.54 Å². The van der Waals surface area contributed by atoms with Gasteiger partial charge in [-0.3, -0.25) is 9.48 Å². The molecular weight excluding hydrogens is 323 g/mol. The Bertz CT molecular complexity index is 560. The van der Waals surface area contributed by atoms with Gasteiger partial charge in [0.15, 0.2) is 0 Å². The zero-order chi connectivity index (χ0) is 14.4. The fourth-order valence-electron chi connectivity index (χ4n) is 2.02. The second-order valence-corrected chi connectivity index (χ2v) is 4.69. The van der Waals surface area contributed by atoms with Crippen molar-refractivity contribution >= 4 is 30.7 Å². The molecule has 2 aromatic rings. The van der Waals surface area contributed by atoms with Gasteiger partial charge in [0.1, 0.15) is 0 Å². The smallest absolute Gasteiger partial charge is 0.253 e. The molecule has 0 atom stereocenters. The molecule has 0 saturated heterocycles. The average molecular weight is 345 g/mol. The number of hydrogen-bond donors (Lipinski definition) is 1. The van der Waals surface area contributed by atoms with Gasteiger partial charge in [-0.1, -0.05) is 18.2 Å². The number of aromatic nitrogens is 2. The molecule has 0 fully saturated rings. The first kappa shape index (κ1) is 20.4. The zero-order valence-corrected chi connectivity index (χ0v) is 14.4. The zero-order valence-electron chi connectivity index (χ0n) is 12.7. The Hall–Kier alpha value is -1.56. The normalized spacial score (nSPS) is 9.55. The molecule has 0 spiro atoms. The van der Waals surface area contributed by atoms with Crippen molar-refractivity contribution in [3.8, 4) is 0 Å². The van der Waals surface area contributed by atoms with E-state index in [0.717, 1.165) is 17.7 Å². The fraction of sp³-hybridized carbons (Fsp3) is 0.333. The summed E-state index contributed by atoms with van der Waals surface area (Å²) in [5, 5.41) is 7.24. The Morgan fingerprint density at radius 1 is 1.27 bits per heavy atom. The Balaban J connectivity index is 0.00000220. The standard InChI is InChI=1S/C15H20N4O.2ClH/c1-16-9-11-18(2)15(20)14-7-4-3-6-13(14)12-19-10-5-8-17-19;;/h3-8,10,16H,9,11-12H2,1-2H3;2*1H. The number of benzene rings is 1. The van der Waals surface area contributed by atoms with Crippen LogP contribution in [0.5, 0.6) is 0 Å². The van der Waals surface area contributed by atoms with Gasteiger partial charge in [0.25, 0.3) is 5.91 Å². The minimum Gasteiger partial charge on any atom is -0.340 e. The third kappa shape index (κ3) is 5.33. The van der Waals surface area contributed by atoms with Gasteiger partial charge in [0.05, 0.1) is 6.54 Å². The van der Waals surface area contributed by atoms with Crippen molar-refractivity contribution < 1.29 is 4.79 Å². The highest BCUT2D eigenvalue weighted by molar-refractivity contribution is 5.95. The van der Waals surface area contributed by atoms with Crippen LogP contribution in [0.4, 0.5) is 0 Å². The lowest BCUT2D eigenvalue weighted by atomic mass is 10.1. The average Bonchev–Trinajstić information content (AvgIpc) is 2.97. The van der Waals surface area contributed by atoms with Crippen molar-refractivity contribution in [2.45, 2.75) is 6.54 Å². The number of nitrogens with zero attached hydrogens (tertiary/aromatic N) is 3.